The van der Waals surface area contributed by atoms with Gasteiger partial charge >= 0.3 is 0 Å². The van der Waals surface area contributed by atoms with E-state index in [1.54, 1.807) is 24.3 Å². The van der Waals surface area contributed by atoms with Crippen molar-refractivity contribution in [1.82, 2.24) is 4.98 Å². The Morgan fingerprint density at radius 3 is 2.73 bits per heavy atom. The first kappa shape index (κ1) is 19.0. The molecule has 2 aromatic rings. The molecule has 1 aromatic carbocycles. The Balaban J connectivity index is 1.85. The van der Waals surface area contributed by atoms with Crippen LogP contribution in [-0.2, 0) is 0 Å². The lowest BCUT2D eigenvalue weighted by molar-refractivity contribution is 0.102. The summed E-state index contributed by atoms with van der Waals surface area (Å²) in [5.41, 5.74) is 1.72. The summed E-state index contributed by atoms with van der Waals surface area (Å²) in [7, 11) is -2.82. The largest absolute Gasteiger partial charge is 0.307 e. The van der Waals surface area contributed by atoms with Gasteiger partial charge in [-0.2, -0.15) is 0 Å². The molecule has 0 saturated carbocycles. The highest BCUT2D eigenvalue weighted by atomic mass is 35.5. The molecule has 0 aliphatic carbocycles. The lowest BCUT2D eigenvalue weighted by Gasteiger charge is -2.38. The zero-order valence-electron chi connectivity index (χ0n) is 14.6. The molecule has 8 heteroatoms. The summed E-state index contributed by atoms with van der Waals surface area (Å²) in [6.45, 7) is 4.59. The number of pyridine rings is 1. The van der Waals surface area contributed by atoms with Crippen molar-refractivity contribution in [3.05, 3.63) is 52.7 Å². The van der Waals surface area contributed by atoms with Gasteiger partial charge in [-0.15, -0.1) is 10.8 Å². The first-order valence-electron chi connectivity index (χ1n) is 8.39. The molecule has 6 nitrogen and oxygen atoms in total. The molecule has 0 unspecified atom stereocenters. The van der Waals surface area contributed by atoms with Crippen LogP contribution in [0.2, 0.25) is 5.02 Å². The lowest BCUT2D eigenvalue weighted by atomic mass is 10.1. The minimum Gasteiger partial charge on any atom is -0.307 e. The van der Waals surface area contributed by atoms with Gasteiger partial charge in [0.1, 0.15) is 5.82 Å². The SMILES string of the molecule is CC(C)c1cccc(NC(=O)c2cc(N3CCCS3(O)O)ccc2Cl)n1. The zero-order chi connectivity index (χ0) is 18.9. The van der Waals surface area contributed by atoms with Crippen LogP contribution in [0.5, 0.6) is 0 Å². The van der Waals surface area contributed by atoms with Crippen molar-refractivity contribution in [2.75, 3.05) is 21.9 Å². The number of aromatic nitrogens is 1. The van der Waals surface area contributed by atoms with E-state index in [2.05, 4.69) is 10.3 Å². The summed E-state index contributed by atoms with van der Waals surface area (Å²) < 4.78 is 21.8. The highest BCUT2D eigenvalue weighted by Crippen LogP contribution is 2.51. The summed E-state index contributed by atoms with van der Waals surface area (Å²) in [5.74, 6) is 0.650. The summed E-state index contributed by atoms with van der Waals surface area (Å²) in [5, 5.41) is 3.06. The fraction of sp³-hybridized carbons (Fsp3) is 0.333. The lowest BCUT2D eigenvalue weighted by Crippen LogP contribution is -2.22. The van der Waals surface area contributed by atoms with Crippen molar-refractivity contribution in [2.45, 2.75) is 26.2 Å². The van der Waals surface area contributed by atoms with E-state index in [1.165, 1.54) is 4.31 Å². The van der Waals surface area contributed by atoms with Crippen molar-refractivity contribution < 1.29 is 13.9 Å². The van der Waals surface area contributed by atoms with E-state index in [4.69, 9.17) is 11.6 Å². The highest BCUT2D eigenvalue weighted by molar-refractivity contribution is 8.25. The molecule has 0 radical (unpaired) electrons. The molecule has 2 heterocycles. The van der Waals surface area contributed by atoms with E-state index >= 15 is 0 Å². The topological polar surface area (TPSA) is 85.7 Å². The van der Waals surface area contributed by atoms with Gasteiger partial charge < -0.3 is 5.32 Å². The van der Waals surface area contributed by atoms with Gasteiger partial charge in [0.15, 0.2) is 0 Å². The van der Waals surface area contributed by atoms with E-state index in [9.17, 15) is 13.9 Å². The number of hydrogen-bond acceptors (Lipinski definition) is 5. The predicted molar refractivity (Wildman–Crippen MR) is 107 cm³/mol. The molecule has 1 amide bonds. The Labute approximate surface area is 159 Å². The number of amides is 1. The third-order valence-corrected chi connectivity index (χ3v) is 6.48. The predicted octanol–water partition coefficient (Wildman–Crippen LogP) is 4.99. The molecule has 140 valence electrons. The van der Waals surface area contributed by atoms with E-state index < -0.39 is 10.8 Å². The van der Waals surface area contributed by atoms with Crippen molar-refractivity contribution in [1.29, 1.82) is 0 Å². The number of nitrogens with one attached hydrogen (secondary N) is 1. The average molecular weight is 396 g/mol. The molecule has 1 saturated heterocycles. The molecule has 1 fully saturated rings. The van der Waals surface area contributed by atoms with Crippen molar-refractivity contribution >= 4 is 39.8 Å². The quantitative estimate of drug-likeness (QED) is 0.679. The molecule has 1 aliphatic heterocycles. The Bertz CT molecular complexity index is 829. The minimum atomic E-state index is -2.82. The van der Waals surface area contributed by atoms with Gasteiger partial charge in [-0.25, -0.2) is 4.98 Å². The van der Waals surface area contributed by atoms with Gasteiger partial charge in [-0.3, -0.25) is 18.2 Å². The van der Waals surface area contributed by atoms with Gasteiger partial charge in [-0.1, -0.05) is 31.5 Å². The molecular weight excluding hydrogens is 374 g/mol. The van der Waals surface area contributed by atoms with E-state index in [0.717, 1.165) is 5.69 Å². The Kier molecular flexibility index (Phi) is 5.43. The van der Waals surface area contributed by atoms with Crippen LogP contribution in [0.3, 0.4) is 0 Å². The van der Waals surface area contributed by atoms with Crippen LogP contribution in [0.25, 0.3) is 0 Å². The number of anilines is 2. The second-order valence-corrected chi connectivity index (χ2v) is 9.03. The maximum atomic E-state index is 12.7. The molecule has 0 atom stereocenters. The highest BCUT2D eigenvalue weighted by Gasteiger charge is 2.29. The maximum Gasteiger partial charge on any atom is 0.258 e. The third kappa shape index (κ3) is 3.96. The second-order valence-electron chi connectivity index (χ2n) is 6.51. The number of carbonyl (C=O) groups excluding carboxylic acids is 1. The smallest absolute Gasteiger partial charge is 0.258 e. The summed E-state index contributed by atoms with van der Waals surface area (Å²) in [6, 6.07) is 10.3. The first-order valence-corrected chi connectivity index (χ1v) is 10.4. The summed E-state index contributed by atoms with van der Waals surface area (Å²) in [6.07, 6.45) is 0.693. The summed E-state index contributed by atoms with van der Waals surface area (Å²) >= 11 is 6.20. The first-order chi connectivity index (χ1) is 12.3. The van der Waals surface area contributed by atoms with E-state index in [0.29, 0.717) is 35.2 Å². The van der Waals surface area contributed by atoms with Gasteiger partial charge in [0.2, 0.25) is 0 Å². The molecule has 0 spiro atoms. The number of nitrogens with zero attached hydrogens (tertiary/aromatic N) is 2. The van der Waals surface area contributed by atoms with E-state index in [1.807, 2.05) is 26.0 Å². The van der Waals surface area contributed by atoms with Gasteiger partial charge in [0.25, 0.3) is 5.91 Å². The number of hydrogen-bond donors (Lipinski definition) is 3. The van der Waals surface area contributed by atoms with Crippen LogP contribution in [0.4, 0.5) is 11.5 Å². The average Bonchev–Trinajstić information content (AvgIpc) is 2.94. The van der Waals surface area contributed by atoms with Crippen LogP contribution in [0.1, 0.15) is 42.2 Å². The van der Waals surface area contributed by atoms with Crippen LogP contribution in [0.15, 0.2) is 36.4 Å². The van der Waals surface area contributed by atoms with Crippen LogP contribution >= 0.6 is 22.4 Å². The van der Waals surface area contributed by atoms with Gasteiger partial charge in [0, 0.05) is 12.2 Å². The Morgan fingerprint density at radius 1 is 1.31 bits per heavy atom. The van der Waals surface area contributed by atoms with Crippen molar-refractivity contribution in [2.24, 2.45) is 0 Å². The number of rotatable bonds is 4. The molecule has 1 aliphatic rings. The Hall–Kier alpha value is -1.80. The van der Waals surface area contributed by atoms with E-state index in [-0.39, 0.29) is 17.4 Å². The fourth-order valence-electron chi connectivity index (χ4n) is 2.82. The van der Waals surface area contributed by atoms with Crippen LogP contribution in [0, 0.1) is 0 Å². The van der Waals surface area contributed by atoms with Crippen molar-refractivity contribution in [3.63, 3.8) is 0 Å². The zero-order valence-corrected chi connectivity index (χ0v) is 16.2. The molecule has 26 heavy (non-hydrogen) atoms. The third-order valence-electron chi connectivity index (χ3n) is 4.22. The molecule has 3 rings (SSSR count). The maximum absolute atomic E-state index is 12.7. The minimum absolute atomic E-state index is 0.249. The monoisotopic (exact) mass is 395 g/mol. The second kappa shape index (κ2) is 7.44. The number of carbonyl (C=O) groups is 1. The van der Waals surface area contributed by atoms with Gasteiger partial charge in [0.05, 0.1) is 22.0 Å². The summed E-state index contributed by atoms with van der Waals surface area (Å²) in [4.78, 5) is 17.1. The van der Waals surface area contributed by atoms with Crippen LogP contribution in [-0.4, -0.2) is 32.3 Å². The Morgan fingerprint density at radius 2 is 2.08 bits per heavy atom. The molecule has 3 N–H and O–H groups in total. The normalized spacial score (nSPS) is 17.4. The molecule has 0 bridgehead atoms. The van der Waals surface area contributed by atoms with Gasteiger partial charge in [-0.05, 0) is 42.7 Å². The molecule has 1 aromatic heterocycles. The fourth-order valence-corrected chi connectivity index (χ4v) is 4.64. The number of benzene rings is 1. The van der Waals surface area contributed by atoms with Crippen molar-refractivity contribution in [3.8, 4) is 0 Å². The number of halogens is 1. The molecular formula is C18H22ClN3O3S. The van der Waals surface area contributed by atoms with Crippen LogP contribution < -0.4 is 9.62 Å². The standard InChI is InChI=1S/C18H22ClN3O3S/c1-12(2)16-5-3-6-17(20-16)21-18(23)14-11-13(7-8-15(14)19)22-9-4-10-26(22,24)25/h3,5-8,11-12,24-25H,4,9-10H2,1-2H3,(H,20,21,23).